The maximum Gasteiger partial charge on any atom is 0.123 e. The zero-order chi connectivity index (χ0) is 11.8. The van der Waals surface area contributed by atoms with Crippen molar-refractivity contribution in [2.45, 2.75) is 6.61 Å². The first-order chi connectivity index (χ1) is 7.72. The minimum absolute atomic E-state index is 0.140. The van der Waals surface area contributed by atoms with E-state index < -0.39 is 0 Å². The summed E-state index contributed by atoms with van der Waals surface area (Å²) in [5, 5.41) is 8.54. The summed E-state index contributed by atoms with van der Waals surface area (Å²) in [6.45, 7) is 0.140. The molecule has 16 heavy (non-hydrogen) atoms. The highest BCUT2D eigenvalue weighted by atomic mass is 79.9. The van der Waals surface area contributed by atoms with Gasteiger partial charge < -0.3 is 5.11 Å². The third kappa shape index (κ3) is 5.05. The molecule has 2 aromatic carbocycles. The van der Waals surface area contributed by atoms with Gasteiger partial charge in [0.25, 0.3) is 0 Å². The first kappa shape index (κ1) is 12.9. The molecule has 0 aliphatic carbocycles. The van der Waals surface area contributed by atoms with E-state index in [9.17, 15) is 4.39 Å². The van der Waals surface area contributed by atoms with Gasteiger partial charge in [0, 0.05) is 4.47 Å². The Hall–Kier alpha value is -1.19. The van der Waals surface area contributed by atoms with E-state index in [2.05, 4.69) is 15.9 Å². The van der Waals surface area contributed by atoms with E-state index in [0.717, 1.165) is 10.0 Å². The van der Waals surface area contributed by atoms with Crippen LogP contribution < -0.4 is 0 Å². The summed E-state index contributed by atoms with van der Waals surface area (Å²) in [6.07, 6.45) is 0. The molecule has 1 nitrogen and oxygen atoms in total. The maximum absolute atomic E-state index is 12.1. The lowest BCUT2D eigenvalue weighted by Gasteiger charge is -1.89. The van der Waals surface area contributed by atoms with Crippen LogP contribution in [-0.2, 0) is 6.61 Å². The molecule has 0 aromatic heterocycles. The number of hydrogen-bond acceptors (Lipinski definition) is 1. The van der Waals surface area contributed by atoms with Gasteiger partial charge >= 0.3 is 0 Å². The van der Waals surface area contributed by atoms with Crippen LogP contribution in [0.3, 0.4) is 0 Å². The highest BCUT2D eigenvalue weighted by molar-refractivity contribution is 9.10. The molecule has 0 heterocycles. The van der Waals surface area contributed by atoms with Gasteiger partial charge in [-0.15, -0.1) is 0 Å². The largest absolute Gasteiger partial charge is 0.392 e. The summed E-state index contributed by atoms with van der Waals surface area (Å²) in [6, 6.07) is 15.7. The zero-order valence-electron chi connectivity index (χ0n) is 8.61. The molecule has 0 amide bonds. The maximum atomic E-state index is 12.1. The van der Waals surface area contributed by atoms with Crippen molar-refractivity contribution in [3.05, 3.63) is 70.5 Å². The predicted molar refractivity (Wildman–Crippen MR) is 66.5 cm³/mol. The summed E-state index contributed by atoms with van der Waals surface area (Å²) in [7, 11) is 0. The number of rotatable bonds is 1. The summed E-state index contributed by atoms with van der Waals surface area (Å²) in [5.41, 5.74) is 0.965. The van der Waals surface area contributed by atoms with Gasteiger partial charge in [-0.3, -0.25) is 0 Å². The van der Waals surface area contributed by atoms with Crippen molar-refractivity contribution >= 4 is 15.9 Å². The molecular formula is C13H12BrFO. The minimum Gasteiger partial charge on any atom is -0.392 e. The molecule has 0 aliphatic rings. The van der Waals surface area contributed by atoms with Gasteiger partial charge in [0.05, 0.1) is 6.61 Å². The molecule has 0 bridgehead atoms. The predicted octanol–water partition coefficient (Wildman–Crippen LogP) is 3.77. The first-order valence-corrected chi connectivity index (χ1v) is 5.57. The molecule has 0 atom stereocenters. The molecule has 0 radical (unpaired) electrons. The fourth-order valence-electron chi connectivity index (χ4n) is 1.01. The van der Waals surface area contributed by atoms with Crippen LogP contribution in [-0.4, -0.2) is 5.11 Å². The van der Waals surface area contributed by atoms with E-state index in [1.165, 1.54) is 12.1 Å². The molecular weight excluding hydrogens is 271 g/mol. The van der Waals surface area contributed by atoms with Crippen molar-refractivity contribution in [2.75, 3.05) is 0 Å². The molecule has 3 heteroatoms. The Morgan fingerprint density at radius 2 is 1.50 bits per heavy atom. The van der Waals surface area contributed by atoms with Gasteiger partial charge in [0.2, 0.25) is 0 Å². The Kier molecular flexibility index (Phi) is 5.75. The summed E-state index contributed by atoms with van der Waals surface area (Å²) >= 11 is 3.18. The number of halogens is 2. The number of benzene rings is 2. The molecule has 0 saturated heterocycles. The van der Waals surface area contributed by atoms with E-state index in [1.807, 2.05) is 30.3 Å². The van der Waals surface area contributed by atoms with E-state index >= 15 is 0 Å². The van der Waals surface area contributed by atoms with Crippen molar-refractivity contribution in [3.8, 4) is 0 Å². The highest BCUT2D eigenvalue weighted by Crippen LogP contribution is 2.08. The minimum atomic E-state index is -0.201. The molecule has 0 spiro atoms. The molecule has 0 fully saturated rings. The number of aliphatic hydroxyl groups is 1. The number of hydrogen-bond donors (Lipinski definition) is 1. The zero-order valence-corrected chi connectivity index (χ0v) is 10.2. The average Bonchev–Trinajstić information content (AvgIpc) is 2.35. The Morgan fingerprint density at radius 1 is 0.938 bits per heavy atom. The standard InChI is InChI=1S/C7H8O.C6H4BrF/c8-6-7-4-2-1-3-5-7;7-5-1-3-6(8)4-2-5/h1-5,8H,6H2;1-4H. The SMILES string of the molecule is Fc1ccc(Br)cc1.OCc1ccccc1. The van der Waals surface area contributed by atoms with Gasteiger partial charge in [-0.2, -0.15) is 0 Å². The fraction of sp³-hybridized carbons (Fsp3) is 0.0769. The highest BCUT2D eigenvalue weighted by Gasteiger charge is 1.85. The monoisotopic (exact) mass is 282 g/mol. The van der Waals surface area contributed by atoms with E-state index in [4.69, 9.17) is 5.11 Å². The lowest BCUT2D eigenvalue weighted by molar-refractivity contribution is 0.282. The first-order valence-electron chi connectivity index (χ1n) is 4.78. The summed E-state index contributed by atoms with van der Waals surface area (Å²) in [4.78, 5) is 0. The van der Waals surface area contributed by atoms with Crippen molar-refractivity contribution in [3.63, 3.8) is 0 Å². The molecule has 84 valence electrons. The molecule has 0 aliphatic heterocycles. The Balaban J connectivity index is 0.000000160. The topological polar surface area (TPSA) is 20.2 Å². The van der Waals surface area contributed by atoms with E-state index in [1.54, 1.807) is 12.1 Å². The number of aliphatic hydroxyl groups excluding tert-OH is 1. The third-order valence-electron chi connectivity index (χ3n) is 1.83. The molecule has 2 aromatic rings. The summed E-state index contributed by atoms with van der Waals surface area (Å²) < 4.78 is 13.0. The Morgan fingerprint density at radius 3 is 1.88 bits per heavy atom. The van der Waals surface area contributed by atoms with Crippen LogP contribution in [0.15, 0.2) is 59.1 Å². The van der Waals surface area contributed by atoms with Crippen LogP contribution in [0, 0.1) is 5.82 Å². The van der Waals surface area contributed by atoms with Gasteiger partial charge in [-0.05, 0) is 29.8 Å². The quantitative estimate of drug-likeness (QED) is 0.844. The lowest BCUT2D eigenvalue weighted by atomic mass is 10.2. The van der Waals surface area contributed by atoms with Crippen LogP contribution >= 0.6 is 15.9 Å². The second-order valence-corrected chi connectivity index (χ2v) is 4.00. The van der Waals surface area contributed by atoms with Crippen LogP contribution in [0.1, 0.15) is 5.56 Å². The van der Waals surface area contributed by atoms with Gasteiger partial charge in [-0.1, -0.05) is 46.3 Å². The molecule has 0 unspecified atom stereocenters. The normalized spacial score (nSPS) is 9.19. The average molecular weight is 283 g/mol. The van der Waals surface area contributed by atoms with Crippen LogP contribution in [0.5, 0.6) is 0 Å². The van der Waals surface area contributed by atoms with Gasteiger partial charge in [-0.25, -0.2) is 4.39 Å². The second-order valence-electron chi connectivity index (χ2n) is 3.08. The van der Waals surface area contributed by atoms with Crippen LogP contribution in [0.2, 0.25) is 0 Å². The third-order valence-corrected chi connectivity index (χ3v) is 2.36. The smallest absolute Gasteiger partial charge is 0.123 e. The lowest BCUT2D eigenvalue weighted by Crippen LogP contribution is -1.77. The van der Waals surface area contributed by atoms with E-state index in [-0.39, 0.29) is 12.4 Å². The van der Waals surface area contributed by atoms with E-state index in [0.29, 0.717) is 0 Å². The van der Waals surface area contributed by atoms with Crippen LogP contribution in [0.25, 0.3) is 0 Å². The molecule has 2 rings (SSSR count). The fourth-order valence-corrected chi connectivity index (χ4v) is 1.28. The molecule has 0 saturated carbocycles. The Labute approximate surface area is 103 Å². The molecule has 1 N–H and O–H groups in total. The van der Waals surface area contributed by atoms with Crippen LogP contribution in [0.4, 0.5) is 4.39 Å². The summed E-state index contributed by atoms with van der Waals surface area (Å²) in [5.74, 6) is -0.201. The Bertz CT molecular complexity index is 379. The van der Waals surface area contributed by atoms with Crippen molar-refractivity contribution in [2.24, 2.45) is 0 Å². The van der Waals surface area contributed by atoms with Crippen molar-refractivity contribution in [1.29, 1.82) is 0 Å². The van der Waals surface area contributed by atoms with Crippen molar-refractivity contribution in [1.82, 2.24) is 0 Å². The second kappa shape index (κ2) is 7.14. The van der Waals surface area contributed by atoms with Gasteiger partial charge in [0.1, 0.15) is 5.82 Å². The van der Waals surface area contributed by atoms with Crippen molar-refractivity contribution < 1.29 is 9.50 Å². The van der Waals surface area contributed by atoms with Gasteiger partial charge in [0.15, 0.2) is 0 Å².